The third kappa shape index (κ3) is 5.25. The molecule has 1 aromatic heterocycles. The minimum Gasteiger partial charge on any atom is -0.481 e. The maximum atomic E-state index is 13.0. The van der Waals surface area contributed by atoms with Gasteiger partial charge in [0.15, 0.2) is 0 Å². The van der Waals surface area contributed by atoms with Gasteiger partial charge in [0.05, 0.1) is 5.92 Å². The van der Waals surface area contributed by atoms with Crippen LogP contribution in [-0.4, -0.2) is 37.2 Å². The van der Waals surface area contributed by atoms with Crippen molar-refractivity contribution in [3.63, 3.8) is 0 Å². The maximum Gasteiger partial charge on any atom is 0.306 e. The SMILES string of the molecule is Cc1nnnn1C(Cc1ccccc1)C(=O)Nc1ccc(CC(C)C(=O)O)cc1. The highest BCUT2D eigenvalue weighted by Crippen LogP contribution is 2.19. The summed E-state index contributed by atoms with van der Waals surface area (Å²) >= 11 is 0. The standard InChI is InChI=1S/C21H23N5O3/c1-14(21(28)29)12-17-8-10-18(11-9-17)22-20(27)19(26-15(2)23-24-25-26)13-16-6-4-3-5-7-16/h3-11,14,19H,12-13H2,1-2H3,(H,22,27)(H,28,29). The summed E-state index contributed by atoms with van der Waals surface area (Å²) in [7, 11) is 0. The summed E-state index contributed by atoms with van der Waals surface area (Å²) in [4.78, 5) is 24.0. The number of nitrogens with zero attached hydrogens (tertiary/aromatic N) is 4. The topological polar surface area (TPSA) is 110 Å². The molecular formula is C21H23N5O3. The molecule has 150 valence electrons. The molecule has 1 amide bonds. The van der Waals surface area contributed by atoms with Crippen LogP contribution >= 0.6 is 0 Å². The van der Waals surface area contributed by atoms with E-state index >= 15 is 0 Å². The Morgan fingerprint density at radius 2 is 1.69 bits per heavy atom. The molecule has 8 nitrogen and oxygen atoms in total. The van der Waals surface area contributed by atoms with E-state index < -0.39 is 17.9 Å². The van der Waals surface area contributed by atoms with E-state index in [9.17, 15) is 9.59 Å². The average molecular weight is 393 g/mol. The van der Waals surface area contributed by atoms with Crippen molar-refractivity contribution in [2.45, 2.75) is 32.7 Å². The Labute approximate surface area is 168 Å². The highest BCUT2D eigenvalue weighted by atomic mass is 16.4. The van der Waals surface area contributed by atoms with Gasteiger partial charge in [0.25, 0.3) is 0 Å². The van der Waals surface area contributed by atoms with Crippen LogP contribution in [0, 0.1) is 12.8 Å². The smallest absolute Gasteiger partial charge is 0.306 e. The number of tetrazole rings is 1. The third-order valence-corrected chi connectivity index (χ3v) is 4.71. The molecule has 29 heavy (non-hydrogen) atoms. The van der Waals surface area contributed by atoms with Crippen LogP contribution in [0.1, 0.15) is 29.9 Å². The number of carbonyl (C=O) groups excluding carboxylic acids is 1. The van der Waals surface area contributed by atoms with Crippen LogP contribution in [0.25, 0.3) is 0 Å². The molecule has 3 aromatic rings. The first kappa shape index (κ1) is 20.2. The van der Waals surface area contributed by atoms with Crippen LogP contribution in [-0.2, 0) is 22.4 Å². The second-order valence-corrected chi connectivity index (χ2v) is 7.01. The van der Waals surface area contributed by atoms with E-state index in [1.54, 1.807) is 26.0 Å². The Kier molecular flexibility index (Phi) is 6.33. The summed E-state index contributed by atoms with van der Waals surface area (Å²) in [6.45, 7) is 3.42. The van der Waals surface area contributed by atoms with Crippen LogP contribution in [0.5, 0.6) is 0 Å². The predicted octanol–water partition coefficient (Wildman–Crippen LogP) is 2.67. The fourth-order valence-electron chi connectivity index (χ4n) is 3.04. The van der Waals surface area contributed by atoms with Crippen LogP contribution in [0.4, 0.5) is 5.69 Å². The highest BCUT2D eigenvalue weighted by Gasteiger charge is 2.24. The van der Waals surface area contributed by atoms with Crippen molar-refractivity contribution >= 4 is 17.6 Å². The zero-order chi connectivity index (χ0) is 20.8. The number of rotatable bonds is 8. The van der Waals surface area contributed by atoms with E-state index in [4.69, 9.17) is 5.11 Å². The zero-order valence-electron chi connectivity index (χ0n) is 16.3. The average Bonchev–Trinajstić information content (AvgIpc) is 3.13. The van der Waals surface area contributed by atoms with E-state index in [1.165, 1.54) is 4.68 Å². The molecule has 0 saturated carbocycles. The minimum atomic E-state index is -0.831. The lowest BCUT2D eigenvalue weighted by Crippen LogP contribution is -2.29. The van der Waals surface area contributed by atoms with Crippen molar-refractivity contribution in [1.82, 2.24) is 20.2 Å². The first-order valence-electron chi connectivity index (χ1n) is 9.35. The van der Waals surface area contributed by atoms with E-state index in [2.05, 4.69) is 20.8 Å². The van der Waals surface area contributed by atoms with E-state index in [0.29, 0.717) is 24.4 Å². The molecule has 2 atom stereocenters. The number of carboxylic acid groups (broad SMARTS) is 1. The molecule has 8 heteroatoms. The first-order valence-corrected chi connectivity index (χ1v) is 9.35. The number of anilines is 1. The number of amides is 1. The van der Waals surface area contributed by atoms with Crippen LogP contribution in [0.2, 0.25) is 0 Å². The summed E-state index contributed by atoms with van der Waals surface area (Å²) in [5, 5.41) is 23.5. The molecule has 2 N–H and O–H groups in total. The number of hydrogen-bond acceptors (Lipinski definition) is 5. The Hall–Kier alpha value is -3.55. The second kappa shape index (κ2) is 9.09. The second-order valence-electron chi connectivity index (χ2n) is 7.01. The summed E-state index contributed by atoms with van der Waals surface area (Å²) in [6, 6.07) is 16.3. The van der Waals surface area contributed by atoms with Crippen LogP contribution in [0.3, 0.4) is 0 Å². The lowest BCUT2D eigenvalue weighted by atomic mass is 10.0. The molecule has 0 bridgehead atoms. The molecule has 3 rings (SSSR count). The van der Waals surface area contributed by atoms with Crippen molar-refractivity contribution in [1.29, 1.82) is 0 Å². The van der Waals surface area contributed by atoms with Crippen molar-refractivity contribution in [3.8, 4) is 0 Å². The first-order chi connectivity index (χ1) is 13.9. The van der Waals surface area contributed by atoms with Crippen LogP contribution in [0.15, 0.2) is 54.6 Å². The number of carbonyl (C=O) groups is 2. The molecular weight excluding hydrogens is 370 g/mol. The molecule has 2 unspecified atom stereocenters. The predicted molar refractivity (Wildman–Crippen MR) is 107 cm³/mol. The third-order valence-electron chi connectivity index (χ3n) is 4.71. The summed E-state index contributed by atoms with van der Waals surface area (Å²) in [5.41, 5.74) is 2.53. The summed E-state index contributed by atoms with van der Waals surface area (Å²) < 4.78 is 1.52. The van der Waals surface area contributed by atoms with Gasteiger partial charge in [-0.2, -0.15) is 0 Å². The molecule has 1 heterocycles. The molecule has 0 aliphatic heterocycles. The van der Waals surface area contributed by atoms with E-state index in [1.807, 2.05) is 42.5 Å². The number of nitrogens with one attached hydrogen (secondary N) is 1. The van der Waals surface area contributed by atoms with Crippen molar-refractivity contribution in [2.24, 2.45) is 5.92 Å². The van der Waals surface area contributed by atoms with E-state index in [-0.39, 0.29) is 5.91 Å². The van der Waals surface area contributed by atoms with Gasteiger partial charge in [-0.25, -0.2) is 4.68 Å². The number of aromatic nitrogens is 4. The Bertz CT molecular complexity index is 969. The summed E-state index contributed by atoms with van der Waals surface area (Å²) in [6.07, 6.45) is 0.886. The number of benzene rings is 2. The molecule has 0 radical (unpaired) electrons. The van der Waals surface area contributed by atoms with Gasteiger partial charge in [-0.3, -0.25) is 9.59 Å². The van der Waals surface area contributed by atoms with Crippen molar-refractivity contribution < 1.29 is 14.7 Å². The lowest BCUT2D eigenvalue weighted by molar-refractivity contribution is -0.141. The van der Waals surface area contributed by atoms with Gasteiger partial charge in [0, 0.05) is 12.1 Å². The Balaban J connectivity index is 1.74. The van der Waals surface area contributed by atoms with Gasteiger partial charge >= 0.3 is 5.97 Å². The molecule has 0 aliphatic carbocycles. The maximum absolute atomic E-state index is 13.0. The fraction of sp³-hybridized carbons (Fsp3) is 0.286. The van der Waals surface area contributed by atoms with Gasteiger partial charge in [0.2, 0.25) is 5.91 Å². The monoisotopic (exact) mass is 393 g/mol. The Morgan fingerprint density at radius 3 is 2.28 bits per heavy atom. The minimum absolute atomic E-state index is 0.226. The highest BCUT2D eigenvalue weighted by molar-refractivity contribution is 5.93. The van der Waals surface area contributed by atoms with E-state index in [0.717, 1.165) is 11.1 Å². The molecule has 0 aliphatic rings. The molecule has 0 spiro atoms. The largest absolute Gasteiger partial charge is 0.481 e. The quantitative estimate of drug-likeness (QED) is 0.609. The number of aryl methyl sites for hydroxylation is 1. The van der Waals surface area contributed by atoms with Gasteiger partial charge in [-0.05, 0) is 47.0 Å². The van der Waals surface area contributed by atoms with Gasteiger partial charge in [-0.1, -0.05) is 49.4 Å². The molecule has 0 saturated heterocycles. The molecule has 0 fully saturated rings. The number of aliphatic carboxylic acids is 1. The Morgan fingerprint density at radius 1 is 1.03 bits per heavy atom. The van der Waals surface area contributed by atoms with Gasteiger partial charge in [-0.15, -0.1) is 5.10 Å². The number of hydrogen-bond donors (Lipinski definition) is 2. The number of carboxylic acids is 1. The van der Waals surface area contributed by atoms with Crippen molar-refractivity contribution in [2.75, 3.05) is 5.32 Å². The van der Waals surface area contributed by atoms with Gasteiger partial charge in [0.1, 0.15) is 11.9 Å². The van der Waals surface area contributed by atoms with Gasteiger partial charge < -0.3 is 10.4 Å². The zero-order valence-corrected chi connectivity index (χ0v) is 16.3. The van der Waals surface area contributed by atoms with Crippen molar-refractivity contribution in [3.05, 3.63) is 71.5 Å². The fourth-order valence-corrected chi connectivity index (χ4v) is 3.04. The summed E-state index contributed by atoms with van der Waals surface area (Å²) in [5.74, 6) is -0.966. The van der Waals surface area contributed by atoms with Crippen LogP contribution < -0.4 is 5.32 Å². The molecule has 2 aromatic carbocycles. The lowest BCUT2D eigenvalue weighted by Gasteiger charge is -2.18. The normalized spacial score (nSPS) is 12.9.